The van der Waals surface area contributed by atoms with Crippen LogP contribution in [0.15, 0.2) is 59.5 Å². The van der Waals surface area contributed by atoms with E-state index in [4.69, 9.17) is 4.74 Å². The van der Waals surface area contributed by atoms with Crippen LogP contribution in [0.5, 0.6) is 0 Å². The molecule has 2 fully saturated rings. The van der Waals surface area contributed by atoms with Crippen LogP contribution in [0.1, 0.15) is 30.9 Å². The van der Waals surface area contributed by atoms with Gasteiger partial charge in [-0.3, -0.25) is 4.90 Å². The van der Waals surface area contributed by atoms with Crippen molar-refractivity contribution in [2.24, 2.45) is 0 Å². The number of morpholine rings is 1. The van der Waals surface area contributed by atoms with Gasteiger partial charge in [0.15, 0.2) is 0 Å². The molecule has 2 heterocycles. The molecule has 0 aromatic heterocycles. The van der Waals surface area contributed by atoms with E-state index in [1.807, 2.05) is 18.2 Å². The van der Waals surface area contributed by atoms with Crippen LogP contribution < -0.4 is 5.32 Å². The van der Waals surface area contributed by atoms with E-state index in [1.54, 1.807) is 16.4 Å². The number of nitrogens with one attached hydrogen (secondary N) is 1. The number of benzene rings is 2. The third-order valence-electron chi connectivity index (χ3n) is 6.51. The predicted molar refractivity (Wildman–Crippen MR) is 127 cm³/mol. The number of hydrogen-bond acceptors (Lipinski definition) is 5. The summed E-state index contributed by atoms with van der Waals surface area (Å²) in [5, 5.41) is 3.35. The van der Waals surface area contributed by atoms with Gasteiger partial charge in [-0.25, -0.2) is 8.42 Å². The SMILES string of the molecule is CCc1ccc(S(=O)(=O)N(CC2CN(Cc3ccccc3)CCO2)C2CCNCC2)cc1. The Morgan fingerprint density at radius 1 is 1.03 bits per heavy atom. The van der Waals surface area contributed by atoms with Gasteiger partial charge in [0.25, 0.3) is 0 Å². The average molecular weight is 458 g/mol. The molecule has 0 aliphatic carbocycles. The summed E-state index contributed by atoms with van der Waals surface area (Å²) in [6, 6.07) is 17.8. The highest BCUT2D eigenvalue weighted by atomic mass is 32.2. The number of sulfonamides is 1. The Morgan fingerprint density at radius 3 is 2.44 bits per heavy atom. The van der Waals surface area contributed by atoms with Gasteiger partial charge >= 0.3 is 0 Å². The summed E-state index contributed by atoms with van der Waals surface area (Å²) in [5.74, 6) is 0. The third kappa shape index (κ3) is 5.77. The zero-order valence-electron chi connectivity index (χ0n) is 18.9. The largest absolute Gasteiger partial charge is 0.374 e. The first kappa shape index (κ1) is 23.4. The van der Waals surface area contributed by atoms with Crippen molar-refractivity contribution in [3.8, 4) is 0 Å². The number of nitrogens with zero attached hydrogens (tertiary/aromatic N) is 2. The normalized spacial score (nSPS) is 21.1. The molecule has 32 heavy (non-hydrogen) atoms. The average Bonchev–Trinajstić information content (AvgIpc) is 2.84. The second kappa shape index (κ2) is 10.9. The Bertz CT molecular complexity index is 944. The molecular weight excluding hydrogens is 422 g/mol. The van der Waals surface area contributed by atoms with Crippen LogP contribution in [-0.2, 0) is 27.7 Å². The minimum atomic E-state index is -3.59. The van der Waals surface area contributed by atoms with E-state index in [0.717, 1.165) is 57.5 Å². The Hall–Kier alpha value is -1.77. The first-order valence-electron chi connectivity index (χ1n) is 11.8. The Kier molecular flexibility index (Phi) is 7.97. The van der Waals surface area contributed by atoms with Crippen molar-refractivity contribution in [1.82, 2.24) is 14.5 Å². The fourth-order valence-electron chi connectivity index (χ4n) is 4.65. The quantitative estimate of drug-likeness (QED) is 0.661. The Morgan fingerprint density at radius 2 is 1.75 bits per heavy atom. The Balaban J connectivity index is 1.51. The first-order chi connectivity index (χ1) is 15.6. The van der Waals surface area contributed by atoms with Gasteiger partial charge in [-0.15, -0.1) is 0 Å². The summed E-state index contributed by atoms with van der Waals surface area (Å²) in [5.41, 5.74) is 2.41. The molecule has 0 bridgehead atoms. The van der Waals surface area contributed by atoms with E-state index in [1.165, 1.54) is 5.56 Å². The molecule has 6 nitrogen and oxygen atoms in total. The van der Waals surface area contributed by atoms with Gasteiger partial charge in [0.1, 0.15) is 0 Å². The molecule has 1 unspecified atom stereocenters. The highest BCUT2D eigenvalue weighted by Crippen LogP contribution is 2.25. The molecule has 1 N–H and O–H groups in total. The van der Waals surface area contributed by atoms with Crippen LogP contribution in [0.3, 0.4) is 0 Å². The maximum Gasteiger partial charge on any atom is 0.243 e. The van der Waals surface area contributed by atoms with Crippen LogP contribution in [0, 0.1) is 0 Å². The molecule has 2 aromatic rings. The molecule has 0 spiro atoms. The summed E-state index contributed by atoms with van der Waals surface area (Å²) in [4.78, 5) is 2.75. The fourth-order valence-corrected chi connectivity index (χ4v) is 6.36. The summed E-state index contributed by atoms with van der Waals surface area (Å²) >= 11 is 0. The number of hydrogen-bond donors (Lipinski definition) is 1. The van der Waals surface area contributed by atoms with E-state index in [0.29, 0.717) is 18.0 Å². The van der Waals surface area contributed by atoms with Crippen LogP contribution in [0.2, 0.25) is 0 Å². The topological polar surface area (TPSA) is 61.9 Å². The molecule has 1 atom stereocenters. The van der Waals surface area contributed by atoms with E-state index in [9.17, 15) is 8.42 Å². The summed E-state index contributed by atoms with van der Waals surface area (Å²) in [6.07, 6.45) is 2.41. The summed E-state index contributed by atoms with van der Waals surface area (Å²) in [6.45, 7) is 7.25. The third-order valence-corrected chi connectivity index (χ3v) is 8.44. The molecule has 0 saturated carbocycles. The Labute approximate surface area is 192 Å². The highest BCUT2D eigenvalue weighted by Gasteiger charge is 2.35. The van der Waals surface area contributed by atoms with Crippen molar-refractivity contribution >= 4 is 10.0 Å². The summed E-state index contributed by atoms with van der Waals surface area (Å²) in [7, 11) is -3.59. The molecule has 0 radical (unpaired) electrons. The lowest BCUT2D eigenvalue weighted by atomic mass is 10.1. The van der Waals surface area contributed by atoms with Gasteiger partial charge < -0.3 is 10.1 Å². The van der Waals surface area contributed by atoms with Crippen molar-refractivity contribution in [1.29, 1.82) is 0 Å². The van der Waals surface area contributed by atoms with E-state index in [-0.39, 0.29) is 12.1 Å². The van der Waals surface area contributed by atoms with Crippen molar-refractivity contribution in [3.63, 3.8) is 0 Å². The lowest BCUT2D eigenvalue weighted by molar-refractivity contribution is -0.0413. The van der Waals surface area contributed by atoms with Crippen LogP contribution in [0.25, 0.3) is 0 Å². The minimum Gasteiger partial charge on any atom is -0.374 e. The number of rotatable bonds is 8. The predicted octanol–water partition coefficient (Wildman–Crippen LogP) is 2.89. The second-order valence-electron chi connectivity index (χ2n) is 8.77. The van der Waals surface area contributed by atoms with Gasteiger partial charge in [-0.1, -0.05) is 49.4 Å². The van der Waals surface area contributed by atoms with E-state index < -0.39 is 10.0 Å². The maximum atomic E-state index is 13.7. The lowest BCUT2D eigenvalue weighted by Gasteiger charge is -2.39. The molecule has 174 valence electrons. The maximum absolute atomic E-state index is 13.7. The molecule has 2 aliphatic rings. The van der Waals surface area contributed by atoms with Gasteiger partial charge in [-0.05, 0) is 55.6 Å². The van der Waals surface area contributed by atoms with Gasteiger partial charge in [0.2, 0.25) is 10.0 Å². The zero-order chi connectivity index (χ0) is 22.4. The zero-order valence-corrected chi connectivity index (χ0v) is 19.8. The van der Waals surface area contributed by atoms with E-state index in [2.05, 4.69) is 41.4 Å². The van der Waals surface area contributed by atoms with Crippen molar-refractivity contribution < 1.29 is 13.2 Å². The second-order valence-corrected chi connectivity index (χ2v) is 10.7. The van der Waals surface area contributed by atoms with Crippen LogP contribution >= 0.6 is 0 Å². The molecule has 2 saturated heterocycles. The highest BCUT2D eigenvalue weighted by molar-refractivity contribution is 7.89. The van der Waals surface area contributed by atoms with Crippen molar-refractivity contribution in [2.75, 3.05) is 39.3 Å². The standard InChI is InChI=1S/C25H35N3O3S/c1-2-21-8-10-25(11-9-21)32(29,30)28(23-12-14-26-15-13-23)20-24-19-27(16-17-31-24)18-22-6-4-3-5-7-22/h3-11,23-24,26H,2,12-20H2,1H3. The van der Waals surface area contributed by atoms with Crippen LogP contribution in [0.4, 0.5) is 0 Å². The molecule has 0 amide bonds. The molecule has 4 rings (SSSR count). The number of piperidine rings is 1. The molecular formula is C25H35N3O3S. The smallest absolute Gasteiger partial charge is 0.243 e. The lowest BCUT2D eigenvalue weighted by Crippen LogP contribution is -2.53. The van der Waals surface area contributed by atoms with E-state index >= 15 is 0 Å². The molecule has 7 heteroatoms. The number of ether oxygens (including phenoxy) is 1. The molecule has 2 aliphatic heterocycles. The monoisotopic (exact) mass is 457 g/mol. The van der Waals surface area contributed by atoms with Crippen LogP contribution in [-0.4, -0.2) is 69.1 Å². The fraction of sp³-hybridized carbons (Fsp3) is 0.520. The van der Waals surface area contributed by atoms with Gasteiger partial charge in [-0.2, -0.15) is 4.31 Å². The first-order valence-corrected chi connectivity index (χ1v) is 13.2. The van der Waals surface area contributed by atoms with Crippen molar-refractivity contribution in [3.05, 3.63) is 65.7 Å². The van der Waals surface area contributed by atoms with Crippen molar-refractivity contribution in [2.45, 2.75) is 49.8 Å². The summed E-state index contributed by atoms with van der Waals surface area (Å²) < 4.78 is 35.2. The minimum absolute atomic E-state index is 0.000187. The molecule has 2 aromatic carbocycles. The van der Waals surface area contributed by atoms with Gasteiger partial charge in [0.05, 0.1) is 17.6 Å². The van der Waals surface area contributed by atoms with Gasteiger partial charge in [0, 0.05) is 32.2 Å². The number of aryl methyl sites for hydroxylation is 1.